The Labute approximate surface area is 203 Å². The number of alkyl halides is 3. The Morgan fingerprint density at radius 3 is 2.52 bits per heavy atom. The second-order valence-corrected chi connectivity index (χ2v) is 11.1. The quantitative estimate of drug-likeness (QED) is 0.464. The van der Waals surface area contributed by atoms with Crippen LogP contribution < -0.4 is 5.32 Å². The number of amides is 1. The fraction of sp³-hybridized carbons (Fsp3) is 0.591. The molecule has 1 N–H and O–H groups in total. The Balaban J connectivity index is 1.88. The fourth-order valence-corrected chi connectivity index (χ4v) is 5.83. The first-order valence-electron chi connectivity index (χ1n) is 10.7. The maximum atomic E-state index is 13.1. The Bertz CT molecular complexity index is 1070. The van der Waals surface area contributed by atoms with E-state index in [-0.39, 0.29) is 22.2 Å². The van der Waals surface area contributed by atoms with Gasteiger partial charge in [-0.1, -0.05) is 20.8 Å². The number of anilines is 1. The van der Waals surface area contributed by atoms with Crippen LogP contribution in [-0.4, -0.2) is 28.3 Å². The summed E-state index contributed by atoms with van der Waals surface area (Å²) in [7, 11) is 0. The molecule has 0 aromatic carbocycles. The minimum Gasteiger partial charge on any atom is -0.462 e. The summed E-state index contributed by atoms with van der Waals surface area (Å²) >= 11 is 4.25. The van der Waals surface area contributed by atoms with Gasteiger partial charge < -0.3 is 10.1 Å². The minimum atomic E-state index is -4.64. The highest BCUT2D eigenvalue weighted by atomic mass is 79.9. The van der Waals surface area contributed by atoms with Gasteiger partial charge >= 0.3 is 12.1 Å². The highest BCUT2D eigenvalue weighted by Gasteiger charge is 2.38. The fourth-order valence-electron chi connectivity index (χ4n) is 3.99. The van der Waals surface area contributed by atoms with E-state index in [1.165, 1.54) is 18.3 Å². The van der Waals surface area contributed by atoms with E-state index in [0.717, 1.165) is 28.0 Å². The van der Waals surface area contributed by atoms with Gasteiger partial charge in [0.2, 0.25) is 5.91 Å². The van der Waals surface area contributed by atoms with Crippen LogP contribution in [-0.2, 0) is 35.1 Å². The first kappa shape index (κ1) is 25.7. The average molecular weight is 550 g/mol. The van der Waals surface area contributed by atoms with Gasteiger partial charge in [-0.2, -0.15) is 18.3 Å². The third kappa shape index (κ3) is 5.45. The van der Waals surface area contributed by atoms with Gasteiger partial charge in [0, 0.05) is 4.88 Å². The number of carbonyl (C=O) groups excluding carboxylic acids is 2. The van der Waals surface area contributed by atoms with Crippen LogP contribution in [0.25, 0.3) is 0 Å². The van der Waals surface area contributed by atoms with Crippen LogP contribution in [0.3, 0.4) is 0 Å². The van der Waals surface area contributed by atoms with E-state index >= 15 is 0 Å². The van der Waals surface area contributed by atoms with E-state index in [1.54, 1.807) is 6.92 Å². The van der Waals surface area contributed by atoms with Crippen LogP contribution in [0, 0.1) is 18.3 Å². The molecule has 33 heavy (non-hydrogen) atoms. The standard InChI is InChI=1S/C22H27BrF3N3O3S/c1-6-32-20(31)16-13-8-7-12(21(3,4)5)9-14(13)33-19(16)27-15(30)10-29-11(2)17(23)18(28-29)22(24,25)26/h12H,6-10H2,1-5H3,(H,27,30). The van der Waals surface area contributed by atoms with Crippen molar-refractivity contribution in [3.63, 3.8) is 0 Å². The van der Waals surface area contributed by atoms with Crippen LogP contribution in [0.15, 0.2) is 4.47 Å². The number of hydrogen-bond donors (Lipinski definition) is 1. The molecule has 6 nitrogen and oxygen atoms in total. The van der Waals surface area contributed by atoms with Gasteiger partial charge in [0.1, 0.15) is 11.5 Å². The summed E-state index contributed by atoms with van der Waals surface area (Å²) < 4.78 is 45.4. The first-order chi connectivity index (χ1) is 15.2. The lowest BCUT2D eigenvalue weighted by molar-refractivity contribution is -0.142. The second kappa shape index (κ2) is 9.40. The Hall–Kier alpha value is -1.88. The zero-order valence-corrected chi connectivity index (χ0v) is 21.6. The molecule has 2 aromatic heterocycles. The molecular formula is C22H27BrF3N3O3S. The number of fused-ring (bicyclic) bond motifs is 1. The lowest BCUT2D eigenvalue weighted by atomic mass is 9.72. The molecule has 1 aliphatic rings. The Morgan fingerprint density at radius 1 is 1.30 bits per heavy atom. The molecule has 2 heterocycles. The van der Waals surface area contributed by atoms with Crippen molar-refractivity contribution in [2.45, 2.75) is 66.6 Å². The number of halogens is 4. The lowest BCUT2D eigenvalue weighted by Crippen LogP contribution is -2.26. The third-order valence-electron chi connectivity index (χ3n) is 5.92. The molecule has 1 aliphatic carbocycles. The number of nitrogens with one attached hydrogen (secondary N) is 1. The number of rotatable bonds is 5. The van der Waals surface area contributed by atoms with Crippen LogP contribution in [0.2, 0.25) is 0 Å². The molecule has 0 bridgehead atoms. The maximum absolute atomic E-state index is 13.1. The number of thiophene rings is 1. The smallest absolute Gasteiger partial charge is 0.436 e. The van der Waals surface area contributed by atoms with Gasteiger partial charge in [0.25, 0.3) is 0 Å². The summed E-state index contributed by atoms with van der Waals surface area (Å²) in [5, 5.41) is 6.65. The maximum Gasteiger partial charge on any atom is 0.436 e. The SMILES string of the molecule is CCOC(=O)c1c(NC(=O)Cn2nc(C(F)(F)F)c(Br)c2C)sc2c1CCC(C(C)(C)C)C2. The minimum absolute atomic E-state index is 0.108. The zero-order chi connectivity index (χ0) is 24.7. The van der Waals surface area contributed by atoms with Crippen molar-refractivity contribution in [1.82, 2.24) is 9.78 Å². The summed E-state index contributed by atoms with van der Waals surface area (Å²) in [4.78, 5) is 26.5. The molecule has 0 saturated heterocycles. The predicted molar refractivity (Wildman–Crippen MR) is 124 cm³/mol. The van der Waals surface area contributed by atoms with Crippen LogP contribution in [0.4, 0.5) is 18.2 Å². The van der Waals surface area contributed by atoms with Crippen molar-refractivity contribution in [2.24, 2.45) is 11.3 Å². The van der Waals surface area contributed by atoms with Crippen LogP contribution >= 0.6 is 27.3 Å². The number of carbonyl (C=O) groups is 2. The Kier molecular flexibility index (Phi) is 7.33. The van der Waals surface area contributed by atoms with Crippen molar-refractivity contribution in [3.05, 3.63) is 31.9 Å². The summed E-state index contributed by atoms with van der Waals surface area (Å²) in [6.45, 7) is 9.49. The molecule has 11 heteroatoms. The molecule has 182 valence electrons. The molecule has 0 saturated carbocycles. The molecule has 3 rings (SSSR count). The summed E-state index contributed by atoms with van der Waals surface area (Å²) in [5.41, 5.74) is 0.455. The van der Waals surface area contributed by atoms with Crippen molar-refractivity contribution in [2.75, 3.05) is 11.9 Å². The largest absolute Gasteiger partial charge is 0.462 e. The highest BCUT2D eigenvalue weighted by Crippen LogP contribution is 2.44. The Morgan fingerprint density at radius 2 is 1.97 bits per heavy atom. The van der Waals surface area contributed by atoms with Gasteiger partial charge in [-0.15, -0.1) is 11.3 Å². The average Bonchev–Trinajstić information content (AvgIpc) is 3.18. The van der Waals surface area contributed by atoms with Gasteiger partial charge in [0.15, 0.2) is 5.69 Å². The van der Waals surface area contributed by atoms with E-state index in [0.29, 0.717) is 22.9 Å². The van der Waals surface area contributed by atoms with Crippen molar-refractivity contribution >= 4 is 44.1 Å². The van der Waals surface area contributed by atoms with Gasteiger partial charge in [-0.3, -0.25) is 9.48 Å². The summed E-state index contributed by atoms with van der Waals surface area (Å²) in [6, 6.07) is 0. The van der Waals surface area contributed by atoms with Crippen molar-refractivity contribution in [1.29, 1.82) is 0 Å². The molecule has 0 radical (unpaired) electrons. The second-order valence-electron chi connectivity index (χ2n) is 9.19. The van der Waals surface area contributed by atoms with Crippen molar-refractivity contribution < 1.29 is 27.5 Å². The third-order valence-corrected chi connectivity index (χ3v) is 8.04. The number of hydrogen-bond acceptors (Lipinski definition) is 5. The molecule has 2 aromatic rings. The van der Waals surface area contributed by atoms with E-state index in [2.05, 4.69) is 47.1 Å². The molecule has 1 amide bonds. The van der Waals surface area contributed by atoms with Gasteiger partial charge in [-0.05, 0) is 65.9 Å². The van der Waals surface area contributed by atoms with Gasteiger partial charge in [-0.25, -0.2) is 4.79 Å². The normalized spacial score (nSPS) is 16.5. The predicted octanol–water partition coefficient (Wildman–Crippen LogP) is 6.00. The topological polar surface area (TPSA) is 73.2 Å². The molecular weight excluding hydrogens is 523 g/mol. The summed E-state index contributed by atoms with van der Waals surface area (Å²) in [6.07, 6.45) is -2.21. The van der Waals surface area contributed by atoms with Crippen LogP contribution in [0.5, 0.6) is 0 Å². The summed E-state index contributed by atoms with van der Waals surface area (Å²) in [5.74, 6) is -0.637. The number of aromatic nitrogens is 2. The lowest BCUT2D eigenvalue weighted by Gasteiger charge is -2.33. The van der Waals surface area contributed by atoms with E-state index < -0.39 is 30.3 Å². The van der Waals surface area contributed by atoms with Crippen LogP contribution in [0.1, 0.15) is 66.3 Å². The molecule has 0 aliphatic heterocycles. The highest BCUT2D eigenvalue weighted by molar-refractivity contribution is 9.10. The number of ether oxygens (including phenoxy) is 1. The van der Waals surface area contributed by atoms with E-state index in [1.807, 2.05) is 0 Å². The number of esters is 1. The molecule has 1 atom stereocenters. The zero-order valence-electron chi connectivity index (χ0n) is 19.2. The molecule has 1 unspecified atom stereocenters. The first-order valence-corrected chi connectivity index (χ1v) is 12.3. The van der Waals surface area contributed by atoms with E-state index in [4.69, 9.17) is 4.74 Å². The molecule has 0 fully saturated rings. The van der Waals surface area contributed by atoms with Crippen molar-refractivity contribution in [3.8, 4) is 0 Å². The monoisotopic (exact) mass is 549 g/mol. The number of nitrogens with zero attached hydrogens (tertiary/aromatic N) is 2. The molecule has 0 spiro atoms. The van der Waals surface area contributed by atoms with Gasteiger partial charge in [0.05, 0.1) is 22.3 Å². The van der Waals surface area contributed by atoms with E-state index in [9.17, 15) is 22.8 Å².